The minimum Gasteiger partial charge on any atom is -0.370 e. The van der Waals surface area contributed by atoms with Crippen molar-refractivity contribution >= 4 is 40.7 Å². The number of nitrogens with one attached hydrogen (secondary N) is 2. The molecular formula is C28H31ClF6N4O3. The van der Waals surface area contributed by atoms with E-state index >= 15 is 0 Å². The Morgan fingerprint density at radius 2 is 1.69 bits per heavy atom. The number of hydrogen-bond donors (Lipinski definition) is 3. The van der Waals surface area contributed by atoms with Gasteiger partial charge in [0.1, 0.15) is 0 Å². The fraction of sp³-hybridized carbons (Fsp3) is 0.429. The van der Waals surface area contributed by atoms with Gasteiger partial charge in [0.25, 0.3) is 5.91 Å². The monoisotopic (exact) mass is 620 g/mol. The van der Waals surface area contributed by atoms with E-state index in [1.54, 1.807) is 30.3 Å². The number of halogens is 7. The van der Waals surface area contributed by atoms with Crippen LogP contribution in [0.5, 0.6) is 0 Å². The maximum absolute atomic E-state index is 13.2. The smallest absolute Gasteiger partial charge is 0.370 e. The summed E-state index contributed by atoms with van der Waals surface area (Å²) in [6.45, 7) is 4.99. The molecule has 7 nitrogen and oxygen atoms in total. The van der Waals surface area contributed by atoms with Gasteiger partial charge < -0.3 is 16.4 Å². The highest BCUT2D eigenvalue weighted by atomic mass is 35.5. The van der Waals surface area contributed by atoms with Crippen LogP contribution in [0.1, 0.15) is 69.1 Å². The van der Waals surface area contributed by atoms with Crippen LogP contribution in [0.15, 0.2) is 47.5 Å². The lowest BCUT2D eigenvalue weighted by atomic mass is 9.93. The van der Waals surface area contributed by atoms with Gasteiger partial charge in [-0.2, -0.15) is 26.3 Å². The Hall–Kier alpha value is -3.61. The molecule has 230 valence electrons. The first kappa shape index (κ1) is 34.6. The normalized spacial score (nSPS) is 15.8. The summed E-state index contributed by atoms with van der Waals surface area (Å²) in [6.07, 6.45) is -13.2. The van der Waals surface area contributed by atoms with Crippen molar-refractivity contribution in [1.82, 2.24) is 5.32 Å². The van der Waals surface area contributed by atoms with Gasteiger partial charge in [0, 0.05) is 41.3 Å². The lowest BCUT2D eigenvalue weighted by Gasteiger charge is -2.20. The number of carbonyl (C=O) groups is 3. The van der Waals surface area contributed by atoms with Crippen molar-refractivity contribution in [3.63, 3.8) is 0 Å². The summed E-state index contributed by atoms with van der Waals surface area (Å²) in [7, 11) is 0. The molecule has 0 bridgehead atoms. The molecule has 3 amide bonds. The van der Waals surface area contributed by atoms with E-state index in [1.165, 1.54) is 0 Å². The van der Waals surface area contributed by atoms with Gasteiger partial charge in [-0.1, -0.05) is 62.7 Å². The van der Waals surface area contributed by atoms with Gasteiger partial charge >= 0.3 is 12.4 Å². The van der Waals surface area contributed by atoms with Gasteiger partial charge in [0.2, 0.25) is 18.0 Å². The number of carbonyl (C=O) groups excluding carboxylic acids is 3. The minimum absolute atomic E-state index is 0.0364. The number of amides is 3. The van der Waals surface area contributed by atoms with E-state index in [-0.39, 0.29) is 5.92 Å². The van der Waals surface area contributed by atoms with Crippen molar-refractivity contribution in [2.24, 2.45) is 16.6 Å². The van der Waals surface area contributed by atoms with Gasteiger partial charge in [-0.15, -0.1) is 0 Å². The Morgan fingerprint density at radius 3 is 2.21 bits per heavy atom. The van der Waals surface area contributed by atoms with Crippen LogP contribution in [0.3, 0.4) is 0 Å². The predicted molar refractivity (Wildman–Crippen MR) is 147 cm³/mol. The molecular weight excluding hydrogens is 590 g/mol. The first-order chi connectivity index (χ1) is 19.4. The van der Waals surface area contributed by atoms with Crippen LogP contribution in [-0.2, 0) is 14.4 Å². The maximum Gasteiger partial charge on any atom is 0.389 e. The Labute approximate surface area is 243 Å². The summed E-state index contributed by atoms with van der Waals surface area (Å²) in [5.41, 5.74) is 8.03. The molecule has 0 fully saturated rings. The molecule has 0 saturated carbocycles. The number of para-hydroxylation sites is 1. The van der Waals surface area contributed by atoms with Crippen molar-refractivity contribution in [3.8, 4) is 0 Å². The Bertz CT molecular complexity index is 1310. The molecule has 2 aromatic rings. The second-order valence-corrected chi connectivity index (χ2v) is 10.2. The van der Waals surface area contributed by atoms with Crippen molar-refractivity contribution in [2.45, 2.75) is 70.9 Å². The number of nitrogens with two attached hydrogens (primary N) is 1. The van der Waals surface area contributed by atoms with E-state index in [4.69, 9.17) is 17.3 Å². The number of benzene rings is 2. The summed E-state index contributed by atoms with van der Waals surface area (Å²) in [4.78, 5) is 42.0. The fourth-order valence-corrected chi connectivity index (χ4v) is 4.15. The number of hydrogen-bond acceptors (Lipinski definition) is 4. The quantitative estimate of drug-likeness (QED) is 0.293. The van der Waals surface area contributed by atoms with Crippen LogP contribution in [0, 0.1) is 5.92 Å². The molecule has 1 heterocycles. The topological polar surface area (TPSA) is 114 Å². The molecule has 3 rings (SSSR count). The van der Waals surface area contributed by atoms with Crippen molar-refractivity contribution in [1.29, 1.82) is 0 Å². The maximum atomic E-state index is 13.2. The highest BCUT2D eigenvalue weighted by molar-refractivity contribution is 6.31. The number of primary amides is 1. The summed E-state index contributed by atoms with van der Waals surface area (Å²) >= 11 is 6.18. The SMILES string of the molecule is CC(C)c1cccc2c1NC(=O)C(NC(=O)C(CCC(F)(F)F)CC(N)=O)N=C2c1cccc(Cl)c1.CCC(F)(F)F. The second kappa shape index (κ2) is 14.5. The van der Waals surface area contributed by atoms with Crippen molar-refractivity contribution < 1.29 is 40.7 Å². The third-order valence-corrected chi connectivity index (χ3v) is 6.34. The van der Waals surface area contributed by atoms with Crippen molar-refractivity contribution in [3.05, 3.63) is 64.2 Å². The number of benzodiazepines with no additional fused rings is 1. The van der Waals surface area contributed by atoms with Gasteiger partial charge in [-0.25, -0.2) is 4.99 Å². The highest BCUT2D eigenvalue weighted by Gasteiger charge is 2.34. The summed E-state index contributed by atoms with van der Waals surface area (Å²) in [5.74, 6) is -3.88. The zero-order valence-electron chi connectivity index (χ0n) is 23.0. The van der Waals surface area contributed by atoms with Gasteiger partial charge in [-0.3, -0.25) is 14.4 Å². The number of nitrogens with zero attached hydrogens (tertiary/aromatic N) is 1. The lowest BCUT2D eigenvalue weighted by Crippen LogP contribution is -2.45. The van der Waals surface area contributed by atoms with Crippen LogP contribution in [0.25, 0.3) is 0 Å². The Kier molecular flexibility index (Phi) is 12.0. The van der Waals surface area contributed by atoms with Gasteiger partial charge in [0.05, 0.1) is 11.4 Å². The standard InChI is InChI=1S/C25H26ClF3N4O3.C3H5F3/c1-13(2)17-7-4-8-18-20(14-5-3-6-16(26)11-14)31-22(24(36)32-21(17)18)33-23(35)15(12-19(30)34)9-10-25(27,28)29;1-2-3(4,5)6/h3-8,11,13,15,22H,9-10,12H2,1-2H3,(H2,30,34)(H,32,36)(H,33,35);2H2,1H3. The third kappa shape index (κ3) is 10.7. The zero-order valence-corrected chi connectivity index (χ0v) is 23.8. The number of alkyl halides is 6. The van der Waals surface area contributed by atoms with Crippen LogP contribution >= 0.6 is 11.6 Å². The highest BCUT2D eigenvalue weighted by Crippen LogP contribution is 2.32. The molecule has 2 aromatic carbocycles. The fourth-order valence-electron chi connectivity index (χ4n) is 3.96. The molecule has 1 aliphatic rings. The average molecular weight is 621 g/mol. The van der Waals surface area contributed by atoms with Crippen molar-refractivity contribution in [2.75, 3.05) is 5.32 Å². The van der Waals surface area contributed by atoms with E-state index in [0.717, 1.165) is 12.5 Å². The molecule has 0 saturated heterocycles. The van der Waals surface area contributed by atoms with Crippen LogP contribution < -0.4 is 16.4 Å². The van der Waals surface area contributed by atoms with E-state index < -0.39 is 67.8 Å². The molecule has 42 heavy (non-hydrogen) atoms. The van der Waals surface area contributed by atoms with Gasteiger partial charge in [0.15, 0.2) is 0 Å². The summed E-state index contributed by atoms with van der Waals surface area (Å²) < 4.78 is 70.7. The summed E-state index contributed by atoms with van der Waals surface area (Å²) in [6, 6.07) is 12.2. The number of rotatable bonds is 8. The predicted octanol–water partition coefficient (Wildman–Crippen LogP) is 6.49. The van der Waals surface area contributed by atoms with Crippen LogP contribution in [0.4, 0.5) is 32.0 Å². The Balaban J connectivity index is 0.000000928. The lowest BCUT2D eigenvalue weighted by molar-refractivity contribution is -0.143. The van der Waals surface area contributed by atoms with Crippen LogP contribution in [-0.4, -0.2) is 42.0 Å². The first-order valence-corrected chi connectivity index (χ1v) is 13.3. The van der Waals surface area contributed by atoms with E-state index in [1.807, 2.05) is 26.0 Å². The molecule has 2 atom stereocenters. The number of anilines is 1. The molecule has 0 spiro atoms. The molecule has 1 aliphatic heterocycles. The second-order valence-electron chi connectivity index (χ2n) is 9.80. The average Bonchev–Trinajstić information content (AvgIpc) is 3.01. The first-order valence-electron chi connectivity index (χ1n) is 12.9. The van der Waals surface area contributed by atoms with Crippen LogP contribution in [0.2, 0.25) is 5.02 Å². The van der Waals surface area contributed by atoms with E-state index in [9.17, 15) is 40.7 Å². The molecule has 14 heteroatoms. The molecule has 0 radical (unpaired) electrons. The molecule has 0 aromatic heterocycles. The van der Waals surface area contributed by atoms with Gasteiger partial charge in [-0.05, 0) is 30.0 Å². The molecule has 4 N–H and O–H groups in total. The van der Waals surface area contributed by atoms with E-state index in [0.29, 0.717) is 27.5 Å². The van der Waals surface area contributed by atoms with E-state index in [2.05, 4.69) is 15.6 Å². The minimum atomic E-state index is -4.53. The Morgan fingerprint density at radius 1 is 1.07 bits per heavy atom. The largest absolute Gasteiger partial charge is 0.389 e. The molecule has 2 unspecified atom stereocenters. The third-order valence-electron chi connectivity index (χ3n) is 6.10. The zero-order chi connectivity index (χ0) is 31.8. The number of fused-ring (bicyclic) bond motifs is 1. The molecule has 0 aliphatic carbocycles. The summed E-state index contributed by atoms with van der Waals surface area (Å²) in [5, 5.41) is 5.63. The number of aliphatic imine (C=N–C) groups is 1.